The maximum Gasteiger partial charge on any atom is 0.293 e. The predicted molar refractivity (Wildman–Crippen MR) is 72.3 cm³/mol. The molecule has 0 saturated heterocycles. The van der Waals surface area contributed by atoms with E-state index in [-0.39, 0.29) is 23.8 Å². The van der Waals surface area contributed by atoms with Crippen LogP contribution in [0.1, 0.15) is 0 Å². The Morgan fingerprint density at radius 2 is 1.95 bits per heavy atom. The van der Waals surface area contributed by atoms with Gasteiger partial charge in [-0.2, -0.15) is 0 Å². The summed E-state index contributed by atoms with van der Waals surface area (Å²) in [4.78, 5) is 23.7. The molecule has 0 saturated carbocycles. The summed E-state index contributed by atoms with van der Waals surface area (Å²) in [5.41, 5.74) is 0.372. The average Bonchev–Trinajstić information content (AvgIpc) is 2.42. The molecule has 5 nitrogen and oxygen atoms in total. The third-order valence-electron chi connectivity index (χ3n) is 2.58. The summed E-state index contributed by atoms with van der Waals surface area (Å²) >= 11 is 0. The Kier molecular flexibility index (Phi) is 3.97. The molecule has 0 spiro atoms. The van der Waals surface area contributed by atoms with E-state index in [1.807, 2.05) is 18.2 Å². The van der Waals surface area contributed by atoms with Gasteiger partial charge in [0.1, 0.15) is 6.54 Å². The Morgan fingerprint density at radius 1 is 1.21 bits per heavy atom. The van der Waals surface area contributed by atoms with Gasteiger partial charge in [0, 0.05) is 11.9 Å². The van der Waals surface area contributed by atoms with Gasteiger partial charge in [-0.3, -0.25) is 9.59 Å². The highest BCUT2D eigenvalue weighted by atomic mass is 16.5. The van der Waals surface area contributed by atoms with E-state index in [0.717, 1.165) is 0 Å². The number of aromatic nitrogens is 1. The van der Waals surface area contributed by atoms with E-state index >= 15 is 0 Å². The summed E-state index contributed by atoms with van der Waals surface area (Å²) in [7, 11) is 1.42. The minimum atomic E-state index is -0.326. The highest BCUT2D eigenvalue weighted by molar-refractivity contribution is 5.90. The molecule has 0 unspecified atom stereocenters. The molecule has 0 aliphatic rings. The number of anilines is 1. The minimum Gasteiger partial charge on any atom is -0.491 e. The number of pyridine rings is 1. The zero-order valence-electron chi connectivity index (χ0n) is 10.5. The molecular formula is C14H14N2O3. The Balaban J connectivity index is 2.10. The van der Waals surface area contributed by atoms with E-state index in [4.69, 9.17) is 4.74 Å². The first-order chi connectivity index (χ1) is 9.20. The molecule has 2 aromatic rings. The molecule has 1 amide bonds. The smallest absolute Gasteiger partial charge is 0.293 e. The lowest BCUT2D eigenvalue weighted by atomic mass is 10.3. The summed E-state index contributed by atoms with van der Waals surface area (Å²) in [5, 5.41) is 2.72. The van der Waals surface area contributed by atoms with Gasteiger partial charge in [-0.1, -0.05) is 18.2 Å². The van der Waals surface area contributed by atoms with Gasteiger partial charge in [0.15, 0.2) is 5.75 Å². The van der Waals surface area contributed by atoms with Gasteiger partial charge in [0.05, 0.1) is 7.11 Å². The van der Waals surface area contributed by atoms with Gasteiger partial charge in [0.25, 0.3) is 5.56 Å². The number of ether oxygens (including phenoxy) is 1. The van der Waals surface area contributed by atoms with Gasteiger partial charge in [-0.25, -0.2) is 0 Å². The summed E-state index contributed by atoms with van der Waals surface area (Å²) in [6.45, 7) is -0.0507. The summed E-state index contributed by atoms with van der Waals surface area (Å²) in [6, 6.07) is 12.3. The summed E-state index contributed by atoms with van der Waals surface area (Å²) in [6.07, 6.45) is 1.55. The molecule has 1 N–H and O–H groups in total. The number of carbonyl (C=O) groups excluding carboxylic acids is 1. The maximum atomic E-state index is 11.8. The summed E-state index contributed by atoms with van der Waals surface area (Å²) < 4.78 is 6.22. The number of benzene rings is 1. The van der Waals surface area contributed by atoms with E-state index in [2.05, 4.69) is 5.32 Å². The van der Waals surface area contributed by atoms with Gasteiger partial charge in [-0.15, -0.1) is 0 Å². The van der Waals surface area contributed by atoms with Crippen molar-refractivity contribution in [3.63, 3.8) is 0 Å². The lowest BCUT2D eigenvalue weighted by Crippen LogP contribution is -2.27. The first kappa shape index (κ1) is 12.9. The molecule has 0 aliphatic heterocycles. The van der Waals surface area contributed by atoms with Crippen LogP contribution in [0, 0.1) is 0 Å². The summed E-state index contributed by atoms with van der Waals surface area (Å²) in [5.74, 6) is -0.0448. The third kappa shape index (κ3) is 3.22. The van der Waals surface area contributed by atoms with Gasteiger partial charge < -0.3 is 14.6 Å². The number of hydrogen-bond acceptors (Lipinski definition) is 3. The molecule has 98 valence electrons. The predicted octanol–water partition coefficient (Wildman–Crippen LogP) is 1.50. The van der Waals surface area contributed by atoms with Crippen LogP contribution in [-0.4, -0.2) is 17.6 Å². The highest BCUT2D eigenvalue weighted by Crippen LogP contribution is 2.05. The second-order valence-corrected chi connectivity index (χ2v) is 3.92. The molecule has 0 radical (unpaired) electrons. The largest absolute Gasteiger partial charge is 0.491 e. The molecular weight excluding hydrogens is 244 g/mol. The van der Waals surface area contributed by atoms with Crippen molar-refractivity contribution in [2.75, 3.05) is 12.4 Å². The standard InChI is InChI=1S/C14H14N2O3/c1-19-12-8-5-9-16(14(12)18)10-13(17)15-11-6-3-2-4-7-11/h2-9H,10H2,1H3,(H,15,17). The molecule has 0 aliphatic carbocycles. The molecule has 5 heteroatoms. The normalized spacial score (nSPS) is 9.95. The fourth-order valence-electron chi connectivity index (χ4n) is 1.67. The number of amides is 1. The topological polar surface area (TPSA) is 60.3 Å². The first-order valence-electron chi connectivity index (χ1n) is 5.79. The quantitative estimate of drug-likeness (QED) is 0.904. The molecule has 1 heterocycles. The van der Waals surface area contributed by atoms with Crippen LogP contribution in [0.2, 0.25) is 0 Å². The number of nitrogens with one attached hydrogen (secondary N) is 1. The van der Waals surface area contributed by atoms with Crippen molar-refractivity contribution in [2.45, 2.75) is 6.54 Å². The fraction of sp³-hybridized carbons (Fsp3) is 0.143. The van der Waals surface area contributed by atoms with Crippen molar-refractivity contribution in [3.05, 3.63) is 59.0 Å². The molecule has 0 atom stereocenters. The van der Waals surface area contributed by atoms with Crippen LogP contribution in [0.4, 0.5) is 5.69 Å². The first-order valence-corrected chi connectivity index (χ1v) is 5.79. The molecule has 0 bridgehead atoms. The highest BCUT2D eigenvalue weighted by Gasteiger charge is 2.07. The zero-order valence-corrected chi connectivity index (χ0v) is 10.5. The van der Waals surface area contributed by atoms with Crippen molar-refractivity contribution in [2.24, 2.45) is 0 Å². The number of nitrogens with zero attached hydrogens (tertiary/aromatic N) is 1. The molecule has 0 fully saturated rings. The van der Waals surface area contributed by atoms with E-state index in [9.17, 15) is 9.59 Å². The molecule has 2 rings (SSSR count). The van der Waals surface area contributed by atoms with Crippen molar-refractivity contribution < 1.29 is 9.53 Å². The van der Waals surface area contributed by atoms with Gasteiger partial charge in [0.2, 0.25) is 5.91 Å². The number of hydrogen-bond donors (Lipinski definition) is 1. The Labute approximate surface area is 110 Å². The van der Waals surface area contributed by atoms with Gasteiger partial charge in [-0.05, 0) is 24.3 Å². The van der Waals surface area contributed by atoms with Crippen molar-refractivity contribution in [1.82, 2.24) is 4.57 Å². The fourth-order valence-corrected chi connectivity index (χ4v) is 1.67. The SMILES string of the molecule is COc1cccn(CC(=O)Nc2ccccc2)c1=O. The van der Waals surface area contributed by atoms with Crippen LogP contribution in [0.5, 0.6) is 5.75 Å². The van der Waals surface area contributed by atoms with E-state index in [1.54, 1.807) is 30.5 Å². The van der Waals surface area contributed by atoms with Crippen molar-refractivity contribution in [3.8, 4) is 5.75 Å². The third-order valence-corrected chi connectivity index (χ3v) is 2.58. The second-order valence-electron chi connectivity index (χ2n) is 3.92. The van der Waals surface area contributed by atoms with E-state index in [1.165, 1.54) is 11.7 Å². The molecule has 1 aromatic heterocycles. The number of rotatable bonds is 4. The van der Waals surface area contributed by atoms with Crippen LogP contribution < -0.4 is 15.6 Å². The van der Waals surface area contributed by atoms with Crippen molar-refractivity contribution >= 4 is 11.6 Å². The molecule has 1 aromatic carbocycles. The Morgan fingerprint density at radius 3 is 2.63 bits per heavy atom. The number of para-hydroxylation sites is 1. The minimum absolute atomic E-state index is 0.0507. The maximum absolute atomic E-state index is 11.8. The lowest BCUT2D eigenvalue weighted by Gasteiger charge is -2.08. The van der Waals surface area contributed by atoms with E-state index < -0.39 is 0 Å². The van der Waals surface area contributed by atoms with Crippen LogP contribution in [-0.2, 0) is 11.3 Å². The second kappa shape index (κ2) is 5.86. The number of carbonyl (C=O) groups is 1. The van der Waals surface area contributed by atoms with Crippen molar-refractivity contribution in [1.29, 1.82) is 0 Å². The average molecular weight is 258 g/mol. The zero-order chi connectivity index (χ0) is 13.7. The van der Waals surface area contributed by atoms with E-state index in [0.29, 0.717) is 5.69 Å². The van der Waals surface area contributed by atoms with Crippen LogP contribution in [0.15, 0.2) is 53.5 Å². The Bertz CT molecular complexity index is 620. The van der Waals surface area contributed by atoms with Crippen LogP contribution in [0.25, 0.3) is 0 Å². The number of methoxy groups -OCH3 is 1. The van der Waals surface area contributed by atoms with Gasteiger partial charge >= 0.3 is 0 Å². The lowest BCUT2D eigenvalue weighted by molar-refractivity contribution is -0.116. The Hall–Kier alpha value is -2.56. The molecule has 19 heavy (non-hydrogen) atoms. The van der Waals surface area contributed by atoms with Crippen LogP contribution in [0.3, 0.4) is 0 Å². The monoisotopic (exact) mass is 258 g/mol. The van der Waals surface area contributed by atoms with Crippen LogP contribution >= 0.6 is 0 Å².